The van der Waals surface area contributed by atoms with Crippen LogP contribution >= 0.6 is 11.8 Å². The van der Waals surface area contributed by atoms with Gasteiger partial charge in [-0.1, -0.05) is 29.8 Å². The minimum Gasteiger partial charge on any atom is -0.339 e. The molecule has 0 saturated carbocycles. The van der Waals surface area contributed by atoms with Gasteiger partial charge in [0.05, 0.1) is 5.75 Å². The lowest BCUT2D eigenvalue weighted by Gasteiger charge is -2.32. The number of nitrogens with zero attached hydrogens (tertiary/aromatic N) is 2. The summed E-state index contributed by atoms with van der Waals surface area (Å²) in [6, 6.07) is 8.49. The van der Waals surface area contributed by atoms with Crippen LogP contribution in [0.4, 0.5) is 0 Å². The molecule has 4 heteroatoms. The smallest absolute Gasteiger partial charge is 0.232 e. The number of carbonyl (C=O) groups excluding carboxylic acids is 1. The Hall–Kier alpha value is -1.00. The van der Waals surface area contributed by atoms with E-state index in [1.54, 1.807) is 11.8 Å². The number of rotatable bonds is 4. The van der Waals surface area contributed by atoms with Crippen LogP contribution in [-0.4, -0.2) is 54.7 Å². The second kappa shape index (κ2) is 6.96. The maximum absolute atomic E-state index is 12.0. The van der Waals surface area contributed by atoms with Gasteiger partial charge in [0.1, 0.15) is 0 Å². The fourth-order valence-corrected chi connectivity index (χ4v) is 3.08. The van der Waals surface area contributed by atoms with Gasteiger partial charge in [-0.05, 0) is 19.5 Å². The lowest BCUT2D eigenvalue weighted by Crippen LogP contribution is -2.47. The first kappa shape index (κ1) is 14.4. The van der Waals surface area contributed by atoms with Crippen LogP contribution in [0, 0.1) is 6.92 Å². The van der Waals surface area contributed by atoms with Crippen molar-refractivity contribution < 1.29 is 4.79 Å². The Morgan fingerprint density at radius 1 is 1.26 bits per heavy atom. The van der Waals surface area contributed by atoms with Crippen LogP contribution in [0.2, 0.25) is 0 Å². The SMILES string of the molecule is Cc1cccc(CSCC(=O)N2CCN(C)CC2)c1. The van der Waals surface area contributed by atoms with Crippen LogP contribution in [0.15, 0.2) is 24.3 Å². The fraction of sp³-hybridized carbons (Fsp3) is 0.533. The largest absolute Gasteiger partial charge is 0.339 e. The summed E-state index contributed by atoms with van der Waals surface area (Å²) >= 11 is 1.71. The first-order valence-electron chi connectivity index (χ1n) is 6.75. The number of aryl methyl sites for hydroxylation is 1. The lowest BCUT2D eigenvalue weighted by molar-refractivity contribution is -0.129. The maximum Gasteiger partial charge on any atom is 0.232 e. The van der Waals surface area contributed by atoms with Gasteiger partial charge in [0, 0.05) is 31.9 Å². The van der Waals surface area contributed by atoms with Gasteiger partial charge in [-0.2, -0.15) is 0 Å². The summed E-state index contributed by atoms with van der Waals surface area (Å²) in [4.78, 5) is 16.3. The standard InChI is InChI=1S/C15H22N2OS/c1-13-4-3-5-14(10-13)11-19-12-15(18)17-8-6-16(2)7-9-17/h3-5,10H,6-9,11-12H2,1-2H3. The Morgan fingerprint density at radius 2 is 2.00 bits per heavy atom. The molecule has 0 N–H and O–H groups in total. The van der Waals surface area contributed by atoms with Crippen LogP contribution < -0.4 is 0 Å². The van der Waals surface area contributed by atoms with Gasteiger partial charge in [0.25, 0.3) is 0 Å². The van der Waals surface area contributed by atoms with Crippen LogP contribution in [0.1, 0.15) is 11.1 Å². The number of benzene rings is 1. The Bertz CT molecular complexity index is 428. The lowest BCUT2D eigenvalue weighted by atomic mass is 10.2. The molecule has 0 aliphatic carbocycles. The zero-order chi connectivity index (χ0) is 13.7. The monoisotopic (exact) mass is 278 g/mol. The molecule has 0 spiro atoms. The third-order valence-corrected chi connectivity index (χ3v) is 4.42. The Kier molecular flexibility index (Phi) is 5.28. The van der Waals surface area contributed by atoms with Crippen LogP contribution in [0.3, 0.4) is 0 Å². The zero-order valence-electron chi connectivity index (χ0n) is 11.8. The van der Waals surface area contributed by atoms with E-state index < -0.39 is 0 Å². The molecule has 3 nitrogen and oxygen atoms in total. The summed E-state index contributed by atoms with van der Waals surface area (Å²) in [6.07, 6.45) is 0. The molecule has 1 aliphatic heterocycles. The molecule has 0 atom stereocenters. The summed E-state index contributed by atoms with van der Waals surface area (Å²) in [5.74, 6) is 1.80. The third-order valence-electron chi connectivity index (χ3n) is 3.43. The van der Waals surface area contributed by atoms with Crippen LogP contribution in [0.5, 0.6) is 0 Å². The molecular formula is C15H22N2OS. The van der Waals surface area contributed by atoms with Gasteiger partial charge in [0.2, 0.25) is 5.91 Å². The van der Waals surface area contributed by atoms with E-state index in [2.05, 4.69) is 43.1 Å². The van der Waals surface area contributed by atoms with Crippen molar-refractivity contribution in [2.75, 3.05) is 39.0 Å². The van der Waals surface area contributed by atoms with E-state index in [0.717, 1.165) is 31.9 Å². The molecule has 0 unspecified atom stereocenters. The van der Waals surface area contributed by atoms with Crippen molar-refractivity contribution in [2.45, 2.75) is 12.7 Å². The third kappa shape index (κ3) is 4.55. The molecule has 1 amide bonds. The molecule has 1 aromatic rings. The van der Waals surface area contributed by atoms with Crippen molar-refractivity contribution in [3.05, 3.63) is 35.4 Å². The molecule has 1 aromatic carbocycles. The van der Waals surface area contributed by atoms with Crippen molar-refractivity contribution in [1.29, 1.82) is 0 Å². The maximum atomic E-state index is 12.0. The van der Waals surface area contributed by atoms with Crippen LogP contribution in [0.25, 0.3) is 0 Å². The van der Waals surface area contributed by atoms with E-state index >= 15 is 0 Å². The van der Waals surface area contributed by atoms with Crippen molar-refractivity contribution in [2.24, 2.45) is 0 Å². The molecule has 1 saturated heterocycles. The second-order valence-electron chi connectivity index (χ2n) is 5.17. The predicted octanol–water partition coefficient (Wildman–Crippen LogP) is 2.00. The minimum atomic E-state index is 0.283. The predicted molar refractivity (Wildman–Crippen MR) is 81.4 cm³/mol. The van der Waals surface area contributed by atoms with Gasteiger partial charge in [-0.25, -0.2) is 0 Å². The minimum absolute atomic E-state index is 0.283. The number of carbonyl (C=O) groups is 1. The number of hydrogen-bond acceptors (Lipinski definition) is 3. The Labute approximate surface area is 120 Å². The highest BCUT2D eigenvalue weighted by atomic mass is 32.2. The number of piperazine rings is 1. The number of hydrogen-bond donors (Lipinski definition) is 0. The van der Waals surface area contributed by atoms with Gasteiger partial charge in [-0.3, -0.25) is 4.79 Å². The van der Waals surface area contributed by atoms with Gasteiger partial charge >= 0.3 is 0 Å². The molecule has 0 radical (unpaired) electrons. The highest BCUT2D eigenvalue weighted by molar-refractivity contribution is 7.99. The molecule has 2 rings (SSSR count). The van der Waals surface area contributed by atoms with Crippen molar-refractivity contribution in [1.82, 2.24) is 9.80 Å². The first-order valence-corrected chi connectivity index (χ1v) is 7.90. The van der Waals surface area contributed by atoms with Crippen LogP contribution in [-0.2, 0) is 10.5 Å². The summed E-state index contributed by atoms with van der Waals surface area (Å²) in [5, 5.41) is 0. The van der Waals surface area contributed by atoms with E-state index in [1.807, 2.05) is 4.90 Å². The van der Waals surface area contributed by atoms with Gasteiger partial charge < -0.3 is 9.80 Å². The van der Waals surface area contributed by atoms with E-state index in [9.17, 15) is 4.79 Å². The fourth-order valence-electron chi connectivity index (χ4n) is 2.21. The number of amides is 1. The van der Waals surface area contributed by atoms with E-state index in [-0.39, 0.29) is 5.91 Å². The molecule has 1 heterocycles. The first-order chi connectivity index (χ1) is 9.15. The molecule has 1 fully saturated rings. The van der Waals surface area contributed by atoms with Gasteiger partial charge in [-0.15, -0.1) is 11.8 Å². The molecule has 1 aliphatic rings. The summed E-state index contributed by atoms with van der Waals surface area (Å²) in [5.41, 5.74) is 2.58. The highest BCUT2D eigenvalue weighted by Gasteiger charge is 2.18. The van der Waals surface area contributed by atoms with Crippen molar-refractivity contribution in [3.8, 4) is 0 Å². The summed E-state index contributed by atoms with van der Waals surface area (Å²) in [7, 11) is 2.11. The molecule has 0 bridgehead atoms. The average Bonchev–Trinajstić information content (AvgIpc) is 2.39. The summed E-state index contributed by atoms with van der Waals surface area (Å²) < 4.78 is 0. The van der Waals surface area contributed by atoms with E-state index in [1.165, 1.54) is 11.1 Å². The molecule has 104 valence electrons. The number of thioether (sulfide) groups is 1. The quantitative estimate of drug-likeness (QED) is 0.841. The molecule has 19 heavy (non-hydrogen) atoms. The Balaban J connectivity index is 1.72. The number of likely N-dealkylation sites (N-methyl/N-ethyl adjacent to an activating group) is 1. The van der Waals surface area contributed by atoms with Crippen molar-refractivity contribution in [3.63, 3.8) is 0 Å². The van der Waals surface area contributed by atoms with Crippen molar-refractivity contribution >= 4 is 17.7 Å². The molecular weight excluding hydrogens is 256 g/mol. The summed E-state index contributed by atoms with van der Waals surface area (Å²) in [6.45, 7) is 5.84. The topological polar surface area (TPSA) is 23.6 Å². The highest BCUT2D eigenvalue weighted by Crippen LogP contribution is 2.14. The molecule has 0 aromatic heterocycles. The average molecular weight is 278 g/mol. The second-order valence-corrected chi connectivity index (χ2v) is 6.15. The van der Waals surface area contributed by atoms with E-state index in [4.69, 9.17) is 0 Å². The van der Waals surface area contributed by atoms with E-state index in [0.29, 0.717) is 5.75 Å². The van der Waals surface area contributed by atoms with Gasteiger partial charge in [0.15, 0.2) is 0 Å². The Morgan fingerprint density at radius 3 is 2.68 bits per heavy atom. The zero-order valence-corrected chi connectivity index (χ0v) is 12.6. The normalized spacial score (nSPS) is 16.6.